The van der Waals surface area contributed by atoms with Gasteiger partial charge in [0.15, 0.2) is 11.5 Å². The number of hydrogen-bond donors (Lipinski definition) is 1. The Kier molecular flexibility index (Phi) is 20.3. The van der Waals surface area contributed by atoms with Crippen LogP contribution in [-0.4, -0.2) is 70.0 Å². The summed E-state index contributed by atoms with van der Waals surface area (Å²) in [5, 5.41) is 17.6. The molecule has 8 aromatic rings. The average Bonchev–Trinajstić information content (AvgIpc) is 3.94. The lowest BCUT2D eigenvalue weighted by atomic mass is 9.77. The minimum Gasteiger partial charge on any atom is -0.508 e. The Bertz CT molecular complexity index is 2860. The molecule has 1 N–H and O–H groups in total. The second-order valence-electron chi connectivity index (χ2n) is 16.2. The van der Waals surface area contributed by atoms with Crippen molar-refractivity contribution in [2.75, 3.05) is 21.3 Å². The summed E-state index contributed by atoms with van der Waals surface area (Å²) < 4.78 is 49.7. The van der Waals surface area contributed by atoms with Gasteiger partial charge in [-0.3, -0.25) is 0 Å². The van der Waals surface area contributed by atoms with E-state index in [2.05, 4.69) is 41.2 Å². The fourth-order valence-corrected chi connectivity index (χ4v) is 7.27. The van der Waals surface area contributed by atoms with Crippen LogP contribution in [0.2, 0.25) is 10.0 Å². The highest BCUT2D eigenvalue weighted by molar-refractivity contribution is 9.10. The third kappa shape index (κ3) is 15.7. The van der Waals surface area contributed by atoms with Crippen molar-refractivity contribution in [3.05, 3.63) is 165 Å². The minimum atomic E-state index is -0.378. The number of aryl methyl sites for hydroxylation is 4. The minimum absolute atomic E-state index is 0.322. The van der Waals surface area contributed by atoms with Crippen LogP contribution in [0.3, 0.4) is 0 Å². The first-order valence-electron chi connectivity index (χ1n) is 21.9. The molecule has 0 bridgehead atoms. The Labute approximate surface area is 432 Å². The van der Waals surface area contributed by atoms with Gasteiger partial charge in [0.2, 0.25) is 5.88 Å². The number of aromatic nitrogens is 5. The molecule has 1 aliphatic rings. The number of methoxy groups -OCH3 is 3. The van der Waals surface area contributed by atoms with Crippen LogP contribution < -0.4 is 29.1 Å². The number of pyridine rings is 3. The molecule has 372 valence electrons. The first-order valence-corrected chi connectivity index (χ1v) is 23.4. The Hall–Kier alpha value is -6.63. The first-order chi connectivity index (χ1) is 33.9. The highest BCUT2D eigenvalue weighted by Gasteiger charge is 2.53. The molecule has 71 heavy (non-hydrogen) atoms. The maximum absolute atomic E-state index is 8.63. The third-order valence-electron chi connectivity index (χ3n) is 10.6. The summed E-state index contributed by atoms with van der Waals surface area (Å²) in [4.78, 5) is 12.2. The number of nitrogens with zero attached hydrogens (tertiary/aromatic N) is 5. The van der Waals surface area contributed by atoms with E-state index in [0.717, 1.165) is 49.7 Å². The van der Waals surface area contributed by atoms with E-state index in [1.807, 2.05) is 128 Å². The van der Waals surface area contributed by atoms with E-state index in [1.165, 1.54) is 19.5 Å². The zero-order chi connectivity index (χ0) is 51.7. The highest BCUT2D eigenvalue weighted by atomic mass is 79.9. The van der Waals surface area contributed by atoms with Gasteiger partial charge >= 0.3 is 7.12 Å². The Morgan fingerprint density at radius 1 is 0.563 bits per heavy atom. The molecule has 3 aromatic carbocycles. The van der Waals surface area contributed by atoms with Crippen molar-refractivity contribution in [1.29, 1.82) is 0 Å². The first kappa shape index (κ1) is 55.3. The van der Waals surface area contributed by atoms with E-state index >= 15 is 0 Å². The predicted octanol–water partition coefficient (Wildman–Crippen LogP) is 13.2. The number of benzene rings is 3. The number of para-hydroxylation sites is 3. The Balaban J connectivity index is 0.000000173. The van der Waals surface area contributed by atoms with Gasteiger partial charge in [-0.15, -0.1) is 0 Å². The van der Waals surface area contributed by atoms with Gasteiger partial charge in [-0.2, -0.15) is 0 Å². The molecule has 0 saturated carbocycles. The lowest BCUT2D eigenvalue weighted by molar-refractivity contribution is 0.00578. The van der Waals surface area contributed by atoms with Crippen molar-refractivity contribution in [3.8, 4) is 57.5 Å². The van der Waals surface area contributed by atoms with Gasteiger partial charge in [0.05, 0.1) is 58.4 Å². The Morgan fingerprint density at radius 3 is 1.42 bits per heavy atom. The summed E-state index contributed by atoms with van der Waals surface area (Å²) in [5.41, 5.74) is 3.71. The second kappa shape index (κ2) is 26.0. The molecule has 9 rings (SSSR count). The summed E-state index contributed by atoms with van der Waals surface area (Å²) in [6, 6.07) is 32.9. The normalized spacial score (nSPS) is 12.8. The Morgan fingerprint density at radius 2 is 1.00 bits per heavy atom. The highest BCUT2D eigenvalue weighted by Crippen LogP contribution is 2.38. The van der Waals surface area contributed by atoms with Crippen molar-refractivity contribution in [3.63, 3.8) is 0 Å². The largest absolute Gasteiger partial charge is 0.508 e. The van der Waals surface area contributed by atoms with E-state index in [1.54, 1.807) is 56.8 Å². The molecule has 15 nitrogen and oxygen atoms in total. The van der Waals surface area contributed by atoms with Crippen molar-refractivity contribution in [1.82, 2.24) is 25.3 Å². The molecule has 0 spiro atoms. The van der Waals surface area contributed by atoms with E-state index in [-0.39, 0.29) is 18.3 Å². The number of phenolic OH excluding ortho intramolecular Hbond substituents is 1. The van der Waals surface area contributed by atoms with Crippen LogP contribution in [0.15, 0.2) is 141 Å². The van der Waals surface area contributed by atoms with Crippen LogP contribution in [0.5, 0.6) is 46.4 Å². The van der Waals surface area contributed by atoms with Crippen LogP contribution in [0.1, 0.15) is 50.6 Å². The molecule has 0 amide bonds. The van der Waals surface area contributed by atoms with Crippen molar-refractivity contribution in [2.45, 2.75) is 66.6 Å². The molecule has 0 aliphatic carbocycles. The van der Waals surface area contributed by atoms with E-state index < -0.39 is 0 Å². The summed E-state index contributed by atoms with van der Waals surface area (Å²) in [6.07, 6.45) is 4.77. The maximum atomic E-state index is 8.63. The van der Waals surface area contributed by atoms with Gasteiger partial charge < -0.3 is 47.1 Å². The maximum Gasteiger partial charge on any atom is 0.500 e. The molecule has 0 atom stereocenters. The molecule has 5 aromatic heterocycles. The summed E-state index contributed by atoms with van der Waals surface area (Å²) >= 11 is 14.7. The van der Waals surface area contributed by atoms with Gasteiger partial charge in [0.1, 0.15) is 28.8 Å². The molecule has 1 saturated heterocycles. The SMILES string of the molecule is COc1ncc(-c2c(C)noc2C)cc1Oc1ccccc1.COc1ncc(Cl)cc1Br.COc1ncc(Cl)cc1Oc1ccccc1.Cc1noc(C)c1B1OC(C)(C)C(C)(C)O1.Oc1ccccc1. The monoisotopic (exact) mass is 1070 g/mol. The number of rotatable bonds is 9. The number of aromatic hydroxyl groups is 1. The van der Waals surface area contributed by atoms with Crippen LogP contribution in [0.25, 0.3) is 11.1 Å². The molecule has 6 heterocycles. The number of ether oxygens (including phenoxy) is 5. The number of halogens is 3. The zero-order valence-corrected chi connectivity index (χ0v) is 44.3. The van der Waals surface area contributed by atoms with Crippen molar-refractivity contribution < 1.29 is 47.1 Å². The third-order valence-corrected chi connectivity index (χ3v) is 11.5. The van der Waals surface area contributed by atoms with Crippen LogP contribution in [0, 0.1) is 27.7 Å². The van der Waals surface area contributed by atoms with E-state index in [9.17, 15) is 0 Å². The second-order valence-corrected chi connectivity index (χ2v) is 18.0. The number of hydrogen-bond acceptors (Lipinski definition) is 15. The van der Waals surface area contributed by atoms with Crippen LogP contribution >= 0.6 is 39.1 Å². The lowest BCUT2D eigenvalue weighted by Gasteiger charge is -2.32. The molecule has 1 aliphatic heterocycles. The summed E-state index contributed by atoms with van der Waals surface area (Å²) in [7, 11) is 4.28. The van der Waals surface area contributed by atoms with Crippen LogP contribution in [0.4, 0.5) is 0 Å². The van der Waals surface area contributed by atoms with Gasteiger partial charge in [0.25, 0.3) is 11.8 Å². The zero-order valence-electron chi connectivity index (χ0n) is 41.2. The van der Waals surface area contributed by atoms with Gasteiger partial charge in [-0.05, 0) is 120 Å². The van der Waals surface area contributed by atoms with Crippen LogP contribution in [-0.2, 0) is 9.31 Å². The van der Waals surface area contributed by atoms with E-state index in [4.69, 9.17) is 70.3 Å². The standard InChI is InChI=1S/C17H16N2O3.C12H10ClNO2.C11H18BNO3.C6H5BrClNO.C6H6O/c1-11-16(12(2)22-19-11)13-9-15(17(20-3)18-10-13)21-14-7-5-4-6-8-14;1-15-12-11(7-9(13)8-14-12)16-10-5-3-2-4-6-10;1-7-9(8(2)14-13-7)12-15-10(3,4)11(5,6)16-12;1-10-6-5(7)2-4(8)3-9-6;7-6-4-2-1-3-5-6/h4-10H,1-3H3;2-8H,1H3;1-6H3;2-3H,1H3;1-5,7H. The fourth-order valence-electron chi connectivity index (χ4n) is 6.32. The predicted molar refractivity (Wildman–Crippen MR) is 278 cm³/mol. The lowest BCUT2D eigenvalue weighted by Crippen LogP contribution is -2.41. The van der Waals surface area contributed by atoms with Crippen molar-refractivity contribution in [2.24, 2.45) is 0 Å². The van der Waals surface area contributed by atoms with Gasteiger partial charge in [-0.1, -0.05) is 88.1 Å². The molecule has 0 unspecified atom stereocenters. The topological polar surface area (TPSA) is 176 Å². The molecular weight excluding hydrogens is 1020 g/mol. The van der Waals surface area contributed by atoms with E-state index in [0.29, 0.717) is 50.7 Å². The number of phenols is 1. The molecule has 0 radical (unpaired) electrons. The fraction of sp³-hybridized carbons (Fsp3) is 0.250. The van der Waals surface area contributed by atoms with Gasteiger partial charge in [0, 0.05) is 41.2 Å². The summed E-state index contributed by atoms with van der Waals surface area (Å²) in [5.74, 6) is 5.70. The smallest absolute Gasteiger partial charge is 0.500 e. The van der Waals surface area contributed by atoms with Gasteiger partial charge in [-0.25, -0.2) is 15.0 Å². The molecular formula is C52H55BBrCl2N5O10. The van der Waals surface area contributed by atoms with Crippen molar-refractivity contribution >= 4 is 51.7 Å². The average molecular weight is 1070 g/mol. The quantitative estimate of drug-likeness (QED) is 0.135. The summed E-state index contributed by atoms with van der Waals surface area (Å²) in [6.45, 7) is 15.7. The molecule has 1 fully saturated rings. The molecule has 19 heteroatoms.